The van der Waals surface area contributed by atoms with Crippen LogP contribution in [0, 0.1) is 13.8 Å². The molecule has 2 aromatic rings. The van der Waals surface area contributed by atoms with E-state index in [-0.39, 0.29) is 0 Å². The number of aryl methyl sites for hydroxylation is 2. The first-order chi connectivity index (χ1) is 8.15. The third kappa shape index (κ3) is 2.21. The monoisotopic (exact) mass is 235 g/mol. The first kappa shape index (κ1) is 11.8. The van der Waals surface area contributed by atoms with E-state index >= 15 is 0 Å². The van der Waals surface area contributed by atoms with Crippen molar-refractivity contribution >= 4 is 0 Å². The molecule has 0 aliphatic carbocycles. The Morgan fingerprint density at radius 3 is 2.65 bits per heavy atom. The molecule has 0 saturated heterocycles. The van der Waals surface area contributed by atoms with E-state index in [0.29, 0.717) is 19.0 Å². The predicted octanol–water partition coefficient (Wildman–Crippen LogP) is 0.952. The lowest BCUT2D eigenvalue weighted by Crippen LogP contribution is -2.05. The van der Waals surface area contributed by atoms with Crippen LogP contribution in [0.4, 0.5) is 0 Å². The molecule has 0 radical (unpaired) electrons. The van der Waals surface area contributed by atoms with Gasteiger partial charge in [0.05, 0.1) is 5.69 Å². The maximum atomic E-state index is 5.68. The molecule has 17 heavy (non-hydrogen) atoms. The van der Waals surface area contributed by atoms with Gasteiger partial charge in [-0.1, -0.05) is 12.1 Å². The average molecular weight is 235 g/mol. The Labute approximate surface area is 99.8 Å². The van der Waals surface area contributed by atoms with Crippen LogP contribution in [-0.4, -0.2) is 19.9 Å². The number of hydrogen-bond donors (Lipinski definition) is 1. The van der Waals surface area contributed by atoms with Gasteiger partial charge in [-0.05, 0) is 13.8 Å². The molecular weight excluding hydrogens is 218 g/mol. The molecule has 0 aliphatic rings. The first-order valence-corrected chi connectivity index (χ1v) is 5.70. The van der Waals surface area contributed by atoms with Crippen LogP contribution >= 0.6 is 0 Å². The Balaban J connectivity index is 2.24. The van der Waals surface area contributed by atoms with Crippen molar-refractivity contribution in [1.82, 2.24) is 19.9 Å². The summed E-state index contributed by atoms with van der Waals surface area (Å²) in [6, 6.07) is 0. The second-order valence-electron chi connectivity index (χ2n) is 3.97. The molecule has 0 fully saturated rings. The molecule has 0 atom stereocenters. The minimum Gasteiger partial charge on any atom is -0.337 e. The molecule has 0 bridgehead atoms. The van der Waals surface area contributed by atoms with Crippen molar-refractivity contribution in [3.05, 3.63) is 28.7 Å². The van der Waals surface area contributed by atoms with Gasteiger partial charge in [0.1, 0.15) is 6.54 Å². The molecule has 2 rings (SSSR count). The largest absolute Gasteiger partial charge is 0.337 e. The molecule has 0 saturated carbocycles. The van der Waals surface area contributed by atoms with Gasteiger partial charge in [0, 0.05) is 24.2 Å². The summed E-state index contributed by atoms with van der Waals surface area (Å²) in [5, 5.41) is 8.28. The summed E-state index contributed by atoms with van der Waals surface area (Å²) in [7, 11) is 0. The Bertz CT molecular complexity index is 514. The maximum absolute atomic E-state index is 5.68. The SMILES string of the molecule is CCc1noc(Cn2nc(C)c(CN)c2C)n1. The third-order valence-electron chi connectivity index (χ3n) is 2.85. The summed E-state index contributed by atoms with van der Waals surface area (Å²) in [4.78, 5) is 4.26. The van der Waals surface area contributed by atoms with E-state index in [1.165, 1.54) is 0 Å². The van der Waals surface area contributed by atoms with Crippen LogP contribution in [0.1, 0.15) is 35.6 Å². The van der Waals surface area contributed by atoms with Crippen LogP contribution in [0.3, 0.4) is 0 Å². The number of nitrogens with zero attached hydrogens (tertiary/aromatic N) is 4. The van der Waals surface area contributed by atoms with Crippen LogP contribution in [0.2, 0.25) is 0 Å². The molecule has 0 amide bonds. The molecule has 92 valence electrons. The van der Waals surface area contributed by atoms with Crippen LogP contribution < -0.4 is 5.73 Å². The second-order valence-corrected chi connectivity index (χ2v) is 3.97. The van der Waals surface area contributed by atoms with Crippen molar-refractivity contribution in [2.45, 2.75) is 40.3 Å². The minimum absolute atomic E-state index is 0.500. The number of hydrogen-bond acceptors (Lipinski definition) is 5. The minimum atomic E-state index is 0.500. The smallest absolute Gasteiger partial charge is 0.248 e. The van der Waals surface area contributed by atoms with E-state index in [0.717, 1.165) is 29.2 Å². The first-order valence-electron chi connectivity index (χ1n) is 5.70. The molecule has 0 spiro atoms. The lowest BCUT2D eigenvalue weighted by Gasteiger charge is -2.00. The quantitative estimate of drug-likeness (QED) is 0.853. The van der Waals surface area contributed by atoms with Crippen molar-refractivity contribution < 1.29 is 4.52 Å². The van der Waals surface area contributed by atoms with E-state index in [4.69, 9.17) is 10.3 Å². The molecule has 2 heterocycles. The highest BCUT2D eigenvalue weighted by Crippen LogP contribution is 2.13. The molecular formula is C11H17N5O. The standard InChI is InChI=1S/C11H17N5O/c1-4-10-13-11(17-15-10)6-16-8(3)9(5-12)7(2)14-16/h4-6,12H2,1-3H3. The van der Waals surface area contributed by atoms with E-state index in [1.54, 1.807) is 0 Å². The highest BCUT2D eigenvalue weighted by Gasteiger charge is 2.12. The highest BCUT2D eigenvalue weighted by molar-refractivity contribution is 5.24. The molecule has 6 heteroatoms. The lowest BCUT2D eigenvalue weighted by molar-refractivity contribution is 0.360. The van der Waals surface area contributed by atoms with Gasteiger partial charge in [-0.15, -0.1) is 0 Å². The van der Waals surface area contributed by atoms with Crippen LogP contribution in [0.15, 0.2) is 4.52 Å². The van der Waals surface area contributed by atoms with Gasteiger partial charge in [0.25, 0.3) is 0 Å². The Hall–Kier alpha value is -1.69. The Morgan fingerprint density at radius 2 is 2.12 bits per heavy atom. The number of aromatic nitrogens is 4. The summed E-state index contributed by atoms with van der Waals surface area (Å²) in [6.07, 6.45) is 0.772. The van der Waals surface area contributed by atoms with Crippen LogP contribution in [0.25, 0.3) is 0 Å². The molecule has 0 aliphatic heterocycles. The summed E-state index contributed by atoms with van der Waals surface area (Å²) < 4.78 is 7.00. The van der Waals surface area contributed by atoms with Crippen molar-refractivity contribution in [2.75, 3.05) is 0 Å². The summed E-state index contributed by atoms with van der Waals surface area (Å²) in [5.41, 5.74) is 8.78. The third-order valence-corrected chi connectivity index (χ3v) is 2.85. The van der Waals surface area contributed by atoms with Gasteiger partial charge < -0.3 is 10.3 Å². The van der Waals surface area contributed by atoms with Crippen molar-refractivity contribution in [2.24, 2.45) is 5.73 Å². The predicted molar refractivity (Wildman–Crippen MR) is 62.4 cm³/mol. The number of rotatable bonds is 4. The zero-order valence-electron chi connectivity index (χ0n) is 10.4. The fraction of sp³-hybridized carbons (Fsp3) is 0.545. The summed E-state index contributed by atoms with van der Waals surface area (Å²) >= 11 is 0. The van der Waals surface area contributed by atoms with Gasteiger partial charge >= 0.3 is 0 Å². The van der Waals surface area contributed by atoms with Gasteiger partial charge in [-0.2, -0.15) is 10.1 Å². The molecule has 0 unspecified atom stereocenters. The fourth-order valence-electron chi connectivity index (χ4n) is 1.81. The lowest BCUT2D eigenvalue weighted by atomic mass is 10.2. The zero-order chi connectivity index (χ0) is 12.4. The molecule has 2 N–H and O–H groups in total. The Kier molecular flexibility index (Phi) is 3.23. The van der Waals surface area contributed by atoms with Crippen LogP contribution in [-0.2, 0) is 19.5 Å². The van der Waals surface area contributed by atoms with Crippen molar-refractivity contribution in [1.29, 1.82) is 0 Å². The highest BCUT2D eigenvalue weighted by atomic mass is 16.5. The second kappa shape index (κ2) is 4.67. The maximum Gasteiger partial charge on any atom is 0.248 e. The van der Waals surface area contributed by atoms with E-state index in [1.807, 2.05) is 25.5 Å². The average Bonchev–Trinajstić information content (AvgIpc) is 2.86. The van der Waals surface area contributed by atoms with E-state index < -0.39 is 0 Å². The van der Waals surface area contributed by atoms with E-state index in [9.17, 15) is 0 Å². The zero-order valence-corrected chi connectivity index (χ0v) is 10.4. The van der Waals surface area contributed by atoms with Gasteiger partial charge in [0.2, 0.25) is 5.89 Å². The molecule has 6 nitrogen and oxygen atoms in total. The molecule has 2 aromatic heterocycles. The topological polar surface area (TPSA) is 82.8 Å². The summed E-state index contributed by atoms with van der Waals surface area (Å²) in [6.45, 7) is 6.95. The summed E-state index contributed by atoms with van der Waals surface area (Å²) in [5.74, 6) is 1.30. The van der Waals surface area contributed by atoms with Crippen LogP contribution in [0.5, 0.6) is 0 Å². The normalized spacial score (nSPS) is 11.1. The van der Waals surface area contributed by atoms with Gasteiger partial charge in [0.15, 0.2) is 5.82 Å². The van der Waals surface area contributed by atoms with Gasteiger partial charge in [-0.25, -0.2) is 0 Å². The number of nitrogens with two attached hydrogens (primary N) is 1. The van der Waals surface area contributed by atoms with Crippen molar-refractivity contribution in [3.8, 4) is 0 Å². The van der Waals surface area contributed by atoms with Crippen molar-refractivity contribution in [3.63, 3.8) is 0 Å². The fourth-order valence-corrected chi connectivity index (χ4v) is 1.81. The Morgan fingerprint density at radius 1 is 1.35 bits per heavy atom. The van der Waals surface area contributed by atoms with Gasteiger partial charge in [-0.3, -0.25) is 4.68 Å². The van der Waals surface area contributed by atoms with E-state index in [2.05, 4.69) is 15.2 Å². The molecule has 0 aromatic carbocycles.